The fraction of sp³-hybridized carbons (Fsp3) is 0.400. The molecule has 1 aromatic carbocycles. The molecule has 0 bridgehead atoms. The van der Waals surface area contributed by atoms with Crippen LogP contribution in [0.2, 0.25) is 0 Å². The van der Waals surface area contributed by atoms with E-state index in [0.717, 1.165) is 17.1 Å². The van der Waals surface area contributed by atoms with Crippen molar-refractivity contribution >= 4 is 5.69 Å². The van der Waals surface area contributed by atoms with Gasteiger partial charge in [-0.1, -0.05) is 5.56 Å². The molecule has 0 N–H and O–H groups in total. The first-order chi connectivity index (χ1) is 8.44. The molecule has 1 radical (unpaired) electrons. The number of fused-ring (bicyclic) bond motifs is 3. The van der Waals surface area contributed by atoms with Crippen molar-refractivity contribution in [1.82, 2.24) is 9.55 Å². The summed E-state index contributed by atoms with van der Waals surface area (Å²) in [4.78, 5) is 7.02. The molecule has 3 rings (SSSR count). The Bertz CT molecular complexity index is 628. The van der Waals surface area contributed by atoms with E-state index in [0.29, 0.717) is 0 Å². The SMILES string of the molecule is Cc1nc2n(c1C)C(C)(C)N(C)c1ccc[c-]c1-2.[Ir]. The Labute approximate surface area is 128 Å². The molecule has 3 nitrogen and oxygen atoms in total. The normalized spacial score (nSPS) is 15.5. The Morgan fingerprint density at radius 3 is 2.63 bits per heavy atom. The third kappa shape index (κ3) is 1.78. The predicted octanol–water partition coefficient (Wildman–Crippen LogP) is 3.11. The maximum absolute atomic E-state index is 4.73. The van der Waals surface area contributed by atoms with E-state index in [9.17, 15) is 0 Å². The second-order valence-corrected chi connectivity index (χ2v) is 5.43. The fourth-order valence-electron chi connectivity index (χ4n) is 2.78. The molecule has 2 heterocycles. The molecule has 0 atom stereocenters. The summed E-state index contributed by atoms with van der Waals surface area (Å²) in [6.45, 7) is 8.65. The average Bonchev–Trinajstić information content (AvgIpc) is 2.64. The minimum atomic E-state index is -0.108. The van der Waals surface area contributed by atoms with Crippen LogP contribution >= 0.6 is 0 Å². The Morgan fingerprint density at radius 2 is 1.95 bits per heavy atom. The Morgan fingerprint density at radius 1 is 1.26 bits per heavy atom. The molecule has 0 spiro atoms. The zero-order chi connectivity index (χ0) is 13.1. The topological polar surface area (TPSA) is 21.1 Å². The maximum atomic E-state index is 4.73. The number of nitrogens with zero attached hydrogens (tertiary/aromatic N) is 3. The van der Waals surface area contributed by atoms with Gasteiger partial charge in [0.05, 0.1) is 11.5 Å². The standard InChI is InChI=1S/C15H18N3.Ir/c1-10-11(2)18-14(16-10)12-8-6-7-9-13(12)17(5)15(18,3)4;/h6-7,9H,1-5H3;/q-1;. The van der Waals surface area contributed by atoms with Gasteiger partial charge >= 0.3 is 0 Å². The number of aryl methyl sites for hydroxylation is 1. The molecular formula is C15H18IrN3-. The van der Waals surface area contributed by atoms with Crippen LogP contribution in [0.1, 0.15) is 25.2 Å². The van der Waals surface area contributed by atoms with Gasteiger partial charge in [-0.05, 0) is 40.4 Å². The number of hydrogen-bond acceptors (Lipinski definition) is 2. The molecule has 1 aromatic heterocycles. The smallest absolute Gasteiger partial charge is 0.0963 e. The van der Waals surface area contributed by atoms with E-state index in [4.69, 9.17) is 4.98 Å². The molecule has 0 unspecified atom stereocenters. The van der Waals surface area contributed by atoms with Crippen LogP contribution in [0.5, 0.6) is 0 Å². The summed E-state index contributed by atoms with van der Waals surface area (Å²) in [5, 5.41) is 0. The molecular weight excluding hydrogens is 414 g/mol. The molecule has 103 valence electrons. The van der Waals surface area contributed by atoms with Gasteiger partial charge in [0.2, 0.25) is 0 Å². The maximum Gasteiger partial charge on any atom is 0.0963 e. The van der Waals surface area contributed by atoms with Gasteiger partial charge in [0.25, 0.3) is 0 Å². The van der Waals surface area contributed by atoms with Crippen LogP contribution in [0, 0.1) is 19.9 Å². The average molecular weight is 433 g/mol. The van der Waals surface area contributed by atoms with Crippen LogP contribution in [0.3, 0.4) is 0 Å². The molecule has 1 aliphatic heterocycles. The van der Waals surface area contributed by atoms with Gasteiger partial charge in [0, 0.05) is 31.5 Å². The predicted molar refractivity (Wildman–Crippen MR) is 73.7 cm³/mol. The van der Waals surface area contributed by atoms with Crippen molar-refractivity contribution in [3.05, 3.63) is 35.7 Å². The summed E-state index contributed by atoms with van der Waals surface area (Å²) in [5.41, 5.74) is 4.50. The van der Waals surface area contributed by atoms with E-state index in [1.165, 1.54) is 11.4 Å². The van der Waals surface area contributed by atoms with Crippen LogP contribution in [0.15, 0.2) is 18.2 Å². The Kier molecular flexibility index (Phi) is 3.36. The number of anilines is 1. The second kappa shape index (κ2) is 4.46. The number of benzene rings is 1. The number of rotatable bonds is 0. The molecule has 0 saturated carbocycles. The van der Waals surface area contributed by atoms with E-state index in [1.54, 1.807) is 0 Å². The van der Waals surface area contributed by atoms with Gasteiger partial charge < -0.3 is 9.47 Å². The second-order valence-electron chi connectivity index (χ2n) is 5.43. The number of aromatic nitrogens is 2. The van der Waals surface area contributed by atoms with Crippen molar-refractivity contribution in [2.75, 3.05) is 11.9 Å². The van der Waals surface area contributed by atoms with Crippen LogP contribution in [-0.4, -0.2) is 16.6 Å². The summed E-state index contributed by atoms with van der Waals surface area (Å²) in [5.74, 6) is 1.03. The first-order valence-corrected chi connectivity index (χ1v) is 6.26. The van der Waals surface area contributed by atoms with E-state index in [2.05, 4.69) is 56.3 Å². The summed E-state index contributed by atoms with van der Waals surface area (Å²) in [6, 6.07) is 9.45. The number of hydrogen-bond donors (Lipinski definition) is 0. The monoisotopic (exact) mass is 433 g/mol. The third-order valence-corrected chi connectivity index (χ3v) is 4.13. The van der Waals surface area contributed by atoms with Crippen LogP contribution in [-0.2, 0) is 25.8 Å². The van der Waals surface area contributed by atoms with Crippen LogP contribution in [0.4, 0.5) is 5.69 Å². The van der Waals surface area contributed by atoms with Crippen molar-refractivity contribution in [2.45, 2.75) is 33.4 Å². The van der Waals surface area contributed by atoms with Gasteiger partial charge in [0.1, 0.15) is 0 Å². The van der Waals surface area contributed by atoms with E-state index >= 15 is 0 Å². The molecule has 19 heavy (non-hydrogen) atoms. The van der Waals surface area contributed by atoms with Crippen molar-refractivity contribution in [1.29, 1.82) is 0 Å². The van der Waals surface area contributed by atoms with E-state index < -0.39 is 0 Å². The van der Waals surface area contributed by atoms with Crippen molar-refractivity contribution in [3.63, 3.8) is 0 Å². The molecule has 1 aliphatic rings. The Balaban J connectivity index is 0.00000133. The first-order valence-electron chi connectivity index (χ1n) is 6.26. The minimum Gasteiger partial charge on any atom is -0.393 e. The molecule has 0 aliphatic carbocycles. The van der Waals surface area contributed by atoms with Gasteiger partial charge in [0.15, 0.2) is 0 Å². The van der Waals surface area contributed by atoms with Gasteiger partial charge in [-0.3, -0.25) is 4.98 Å². The molecule has 2 aromatic rings. The molecule has 0 saturated heterocycles. The third-order valence-electron chi connectivity index (χ3n) is 4.13. The fourth-order valence-corrected chi connectivity index (χ4v) is 2.78. The van der Waals surface area contributed by atoms with E-state index in [-0.39, 0.29) is 25.8 Å². The minimum absolute atomic E-state index is 0. The quantitative estimate of drug-likeness (QED) is 0.597. The van der Waals surface area contributed by atoms with Gasteiger partial charge in [-0.25, -0.2) is 0 Å². The first kappa shape index (κ1) is 14.3. The van der Waals surface area contributed by atoms with Crippen molar-refractivity contribution < 1.29 is 20.1 Å². The molecule has 0 fully saturated rings. The van der Waals surface area contributed by atoms with Gasteiger partial charge in [-0.15, -0.1) is 24.3 Å². The number of imidazole rings is 1. The zero-order valence-corrected chi connectivity index (χ0v) is 14.3. The summed E-state index contributed by atoms with van der Waals surface area (Å²) in [6.07, 6.45) is 0. The van der Waals surface area contributed by atoms with Gasteiger partial charge in [-0.2, -0.15) is 0 Å². The largest absolute Gasteiger partial charge is 0.393 e. The molecule has 4 heteroatoms. The summed E-state index contributed by atoms with van der Waals surface area (Å²) < 4.78 is 2.31. The summed E-state index contributed by atoms with van der Waals surface area (Å²) >= 11 is 0. The van der Waals surface area contributed by atoms with E-state index in [1.807, 2.05) is 12.1 Å². The van der Waals surface area contributed by atoms with Crippen LogP contribution < -0.4 is 4.90 Å². The Hall–Kier alpha value is -1.12. The molecule has 0 amide bonds. The summed E-state index contributed by atoms with van der Waals surface area (Å²) in [7, 11) is 2.13. The van der Waals surface area contributed by atoms with Crippen molar-refractivity contribution in [3.8, 4) is 11.4 Å². The van der Waals surface area contributed by atoms with Crippen LogP contribution in [0.25, 0.3) is 11.4 Å². The van der Waals surface area contributed by atoms with Crippen molar-refractivity contribution in [2.24, 2.45) is 0 Å². The zero-order valence-electron chi connectivity index (χ0n) is 11.9.